The molecular weight excluding hydrogens is 1180 g/mol. The predicted molar refractivity (Wildman–Crippen MR) is 367 cm³/mol. The Morgan fingerprint density at radius 3 is 1.75 bits per heavy atom. The van der Waals surface area contributed by atoms with E-state index < -0.39 is 37.3 Å². The summed E-state index contributed by atoms with van der Waals surface area (Å²) in [5.74, 6) is 5.40. The summed E-state index contributed by atoms with van der Waals surface area (Å²) in [4.78, 5) is 48.3. The molecule has 0 aromatic rings. The second kappa shape index (κ2) is 49.7. The van der Waals surface area contributed by atoms with Gasteiger partial charge in [-0.2, -0.15) is 0 Å². The average molecular weight is 1320 g/mol. The van der Waals surface area contributed by atoms with Crippen LogP contribution < -0.4 is 16.0 Å². The zero-order valence-corrected chi connectivity index (χ0v) is 59.5. The van der Waals surface area contributed by atoms with Gasteiger partial charge in [-0.1, -0.05) is 124 Å². The van der Waals surface area contributed by atoms with Crippen LogP contribution in [-0.2, 0) is 47.5 Å². The van der Waals surface area contributed by atoms with Gasteiger partial charge in [-0.3, -0.25) is 14.4 Å². The van der Waals surface area contributed by atoms with Gasteiger partial charge in [0.15, 0.2) is 6.29 Å². The number of hydrogen-bond acceptors (Lipinski definition) is 15. The van der Waals surface area contributed by atoms with Gasteiger partial charge in [0, 0.05) is 58.5 Å². The molecule has 0 radical (unpaired) electrons. The fourth-order valence-corrected chi connectivity index (χ4v) is 15.4. The number of alkyl carbamates (subject to hydrolysis) is 1. The Morgan fingerprint density at radius 1 is 0.538 bits per heavy atom. The number of ketones is 1. The van der Waals surface area contributed by atoms with Crippen LogP contribution in [-0.4, -0.2) is 167 Å². The second-order valence-corrected chi connectivity index (χ2v) is 29.1. The van der Waals surface area contributed by atoms with Crippen LogP contribution in [0.5, 0.6) is 0 Å². The first kappa shape index (κ1) is 82.6. The van der Waals surface area contributed by atoms with E-state index in [4.69, 9.17) is 33.2 Å². The van der Waals surface area contributed by atoms with E-state index >= 15 is 0 Å². The summed E-state index contributed by atoms with van der Waals surface area (Å²) in [5, 5.41) is 47.5. The van der Waals surface area contributed by atoms with E-state index in [9.17, 15) is 39.6 Å². The lowest BCUT2D eigenvalue weighted by Gasteiger charge is -2.61. The van der Waals surface area contributed by atoms with Gasteiger partial charge >= 0.3 is 6.09 Å². The number of allylic oxidation sites excluding steroid dienone is 2. The van der Waals surface area contributed by atoms with Crippen molar-refractivity contribution >= 4 is 23.7 Å². The molecule has 93 heavy (non-hydrogen) atoms. The normalized spacial score (nSPS) is 27.5. The summed E-state index contributed by atoms with van der Waals surface area (Å²) in [6.45, 7) is 19.1. The largest absolute Gasteiger partial charge is 0.446 e. The molecular formula is C75H137N3O15. The Bertz CT molecular complexity index is 1980. The number of nitrogens with one attached hydrogen (secondary N) is 3. The summed E-state index contributed by atoms with van der Waals surface area (Å²) < 4.78 is 38.6. The summed E-state index contributed by atoms with van der Waals surface area (Å²) in [6.07, 6.45) is 38.7. The fraction of sp³-hybridized carbons (Fsp3) is 0.920. The van der Waals surface area contributed by atoms with Crippen molar-refractivity contribution in [2.24, 2.45) is 46.3 Å². The molecule has 4 aliphatic carbocycles. The number of rotatable bonds is 51. The summed E-state index contributed by atoms with van der Waals surface area (Å²) in [5.41, 5.74) is 1.07. The molecule has 18 heteroatoms. The van der Waals surface area contributed by atoms with Crippen LogP contribution >= 0.6 is 0 Å². The molecule has 1 heterocycles. The molecule has 0 aromatic carbocycles. The number of hydrogen-bond donors (Lipinski definition) is 7. The van der Waals surface area contributed by atoms with Crippen LogP contribution in [0.3, 0.4) is 0 Å². The van der Waals surface area contributed by atoms with Gasteiger partial charge in [0.25, 0.3) is 0 Å². The molecule has 18 nitrogen and oxygen atoms in total. The highest BCUT2D eigenvalue weighted by atomic mass is 16.7. The van der Waals surface area contributed by atoms with Crippen LogP contribution in [0.25, 0.3) is 0 Å². The Hall–Kier alpha value is -2.78. The molecule has 0 bridgehead atoms. The van der Waals surface area contributed by atoms with Crippen molar-refractivity contribution in [1.29, 1.82) is 0 Å². The molecule has 1 saturated heterocycles. The van der Waals surface area contributed by atoms with Gasteiger partial charge in [0.2, 0.25) is 11.8 Å². The number of aliphatic hydroxyl groups is 4. The van der Waals surface area contributed by atoms with E-state index in [-0.39, 0.29) is 37.2 Å². The third kappa shape index (κ3) is 33.1. The van der Waals surface area contributed by atoms with Crippen LogP contribution in [0, 0.1) is 46.3 Å². The third-order valence-corrected chi connectivity index (χ3v) is 21.6. The van der Waals surface area contributed by atoms with Crippen LogP contribution in [0.2, 0.25) is 0 Å². The molecule has 5 fully saturated rings. The molecule has 3 amide bonds. The van der Waals surface area contributed by atoms with E-state index in [0.717, 1.165) is 113 Å². The number of unbranched alkanes of at least 4 members (excludes halogenated alkanes) is 17. The van der Waals surface area contributed by atoms with E-state index in [1.807, 2.05) is 0 Å². The lowest BCUT2D eigenvalue weighted by atomic mass is 9.45. The zero-order valence-electron chi connectivity index (χ0n) is 59.5. The smallest absolute Gasteiger partial charge is 0.407 e. The lowest BCUT2D eigenvalue weighted by Crippen LogP contribution is -2.59. The molecule has 6 unspecified atom stereocenters. The first-order chi connectivity index (χ1) is 45.0. The Kier molecular flexibility index (Phi) is 44.2. The molecule has 0 spiro atoms. The van der Waals surface area contributed by atoms with Gasteiger partial charge in [-0.05, 0) is 181 Å². The van der Waals surface area contributed by atoms with Crippen molar-refractivity contribution in [3.63, 3.8) is 0 Å². The SMILES string of the molecule is CC(C)CCC(=O)NCCCCCC(=O)CCCCOCCOCCCCCC(=O)NCCOCCOCCO[C@H]1OC(CO)[C@@H](O)[C@H](O)C1O.CCCCCCCC/C=C\CCCCCCCCNC(=O)O[C@@H]1CC[C@@]2(C)C(CCC3C2CC[C@@]2(C)C3CC[C@@H]2C)C1. The van der Waals surface area contributed by atoms with Gasteiger partial charge in [0.1, 0.15) is 36.3 Å². The monoisotopic (exact) mass is 1320 g/mol. The topological polar surface area (TPSA) is 250 Å². The number of ether oxygens (including phenoxy) is 7. The van der Waals surface area contributed by atoms with Crippen molar-refractivity contribution in [2.45, 2.75) is 310 Å². The number of amides is 3. The van der Waals surface area contributed by atoms with Crippen molar-refractivity contribution < 1.29 is 72.8 Å². The highest BCUT2D eigenvalue weighted by Gasteiger charge is 2.59. The van der Waals surface area contributed by atoms with Crippen molar-refractivity contribution in [1.82, 2.24) is 16.0 Å². The fourth-order valence-electron chi connectivity index (χ4n) is 15.4. The highest BCUT2D eigenvalue weighted by molar-refractivity contribution is 5.78. The maximum Gasteiger partial charge on any atom is 0.407 e. The maximum atomic E-state index is 12.6. The number of aliphatic hydroxyl groups excluding tert-OH is 4. The molecule has 7 N–H and O–H groups in total. The van der Waals surface area contributed by atoms with Gasteiger partial charge in [0.05, 0.1) is 52.9 Å². The van der Waals surface area contributed by atoms with E-state index in [2.05, 4.69) is 69.6 Å². The number of fused-ring (bicyclic) bond motifs is 5. The molecule has 5 rings (SSSR count). The molecule has 542 valence electrons. The minimum atomic E-state index is -1.49. The first-order valence-electron chi connectivity index (χ1n) is 37.9. The second-order valence-electron chi connectivity index (χ2n) is 29.1. The van der Waals surface area contributed by atoms with Crippen molar-refractivity contribution in [3.05, 3.63) is 12.2 Å². The van der Waals surface area contributed by atoms with Crippen LogP contribution in [0.15, 0.2) is 12.2 Å². The Balaban J connectivity index is 0.000000403. The first-order valence-corrected chi connectivity index (χ1v) is 37.9. The maximum absolute atomic E-state index is 12.6. The minimum absolute atomic E-state index is 0.0224. The zero-order chi connectivity index (χ0) is 67.4. The minimum Gasteiger partial charge on any atom is -0.446 e. The molecule has 1 aliphatic heterocycles. The van der Waals surface area contributed by atoms with Crippen molar-refractivity contribution in [2.75, 3.05) is 85.7 Å². The van der Waals surface area contributed by atoms with E-state index in [1.165, 1.54) is 128 Å². The van der Waals surface area contributed by atoms with Gasteiger partial charge in [-0.25, -0.2) is 4.79 Å². The number of Topliss-reactive ketones (excluding diaryl/α,β-unsaturated/α-hetero) is 1. The van der Waals surface area contributed by atoms with Crippen LogP contribution in [0.1, 0.15) is 273 Å². The Morgan fingerprint density at radius 2 is 1.08 bits per heavy atom. The average Bonchev–Trinajstić information content (AvgIpc) is 1.71. The van der Waals surface area contributed by atoms with Gasteiger partial charge < -0.3 is 69.5 Å². The van der Waals surface area contributed by atoms with Crippen molar-refractivity contribution in [3.8, 4) is 0 Å². The molecule has 13 atom stereocenters. The van der Waals surface area contributed by atoms with E-state index in [1.54, 1.807) is 0 Å². The third-order valence-electron chi connectivity index (χ3n) is 21.6. The highest BCUT2D eigenvalue weighted by Crippen LogP contribution is 2.67. The summed E-state index contributed by atoms with van der Waals surface area (Å²) >= 11 is 0. The quantitative estimate of drug-likeness (QED) is 0.0221. The standard InChI is InChI=1S/C39H69NO2.C36H68N2O13/c1-5-6-7-8-9-10-11-12-13-14-15-16-17-18-19-20-29-40-37(41)42-33-25-27-39(4)32(30-33)22-23-34-35-24-21-31(2)38(35,3)28-26-36(34)39;1-28(2)14-15-32(42)37-16-8-3-5-11-29(40)12-7-10-19-47-22-21-46-18-9-4-6-13-31(41)38-17-20-48-23-24-49-25-26-50-36-35(45)34(44)33(43)30(27-39)51-36/h12-13,31-36H,5-11,14-30H2,1-4H3,(H,40,41);28,30,33-36,39,43-45H,3-27H2,1-2H3,(H,37,42)(H,38,41)/b13-12-;/t31-,32?,33+,34?,35?,36?,38+,39-;30?,33-,34+,35?,36+/m01/s1. The van der Waals surface area contributed by atoms with Crippen LogP contribution in [0.4, 0.5) is 4.79 Å². The number of carbonyl (C=O) groups excluding carboxylic acids is 4. The number of carbonyl (C=O) groups is 4. The predicted octanol–water partition coefficient (Wildman–Crippen LogP) is 13.2. The summed E-state index contributed by atoms with van der Waals surface area (Å²) in [6, 6.07) is 0. The lowest BCUT2D eigenvalue weighted by molar-refractivity contribution is -0.302. The molecule has 5 aliphatic rings. The Labute approximate surface area is 563 Å². The molecule has 0 aromatic heterocycles. The van der Waals surface area contributed by atoms with Gasteiger partial charge in [-0.15, -0.1) is 0 Å². The molecule has 4 saturated carbocycles. The summed E-state index contributed by atoms with van der Waals surface area (Å²) in [7, 11) is 0. The van der Waals surface area contributed by atoms with E-state index in [0.29, 0.717) is 108 Å².